The summed E-state index contributed by atoms with van der Waals surface area (Å²) in [5, 5.41) is 0.862. The summed E-state index contributed by atoms with van der Waals surface area (Å²) in [6.07, 6.45) is 2.05. The first-order valence-electron chi connectivity index (χ1n) is 11.5. The quantitative estimate of drug-likeness (QED) is 0.476. The summed E-state index contributed by atoms with van der Waals surface area (Å²) in [6.45, 7) is 10.1. The lowest BCUT2D eigenvalue weighted by Gasteiger charge is -2.20. The van der Waals surface area contributed by atoms with E-state index in [-0.39, 0.29) is 6.03 Å². The predicted molar refractivity (Wildman–Crippen MR) is 137 cm³/mol. The number of aromatic nitrogens is 3. The van der Waals surface area contributed by atoms with E-state index in [1.54, 1.807) is 0 Å². The van der Waals surface area contributed by atoms with Gasteiger partial charge in [0.25, 0.3) is 0 Å². The number of rotatable bonds is 4. The average molecular weight is 455 g/mol. The molecule has 7 heteroatoms. The summed E-state index contributed by atoms with van der Waals surface area (Å²) in [6, 6.07) is 12.7. The van der Waals surface area contributed by atoms with Crippen LogP contribution in [0.3, 0.4) is 0 Å². The molecule has 2 amide bonds. The second-order valence-electron chi connectivity index (χ2n) is 9.36. The molecule has 0 bridgehead atoms. The number of urea groups is 1. The van der Waals surface area contributed by atoms with E-state index >= 15 is 0 Å². The van der Waals surface area contributed by atoms with Crippen molar-refractivity contribution in [2.45, 2.75) is 34.2 Å². The molecule has 0 unspecified atom stereocenters. The highest BCUT2D eigenvalue weighted by atomic mass is 16.2. The van der Waals surface area contributed by atoms with Crippen molar-refractivity contribution in [2.24, 2.45) is 7.05 Å². The van der Waals surface area contributed by atoms with Crippen molar-refractivity contribution in [1.29, 1.82) is 0 Å². The Morgan fingerprint density at radius 1 is 0.941 bits per heavy atom. The van der Waals surface area contributed by atoms with Crippen molar-refractivity contribution >= 4 is 28.6 Å². The molecule has 0 saturated carbocycles. The molecule has 0 aliphatic carbocycles. The van der Waals surface area contributed by atoms with Gasteiger partial charge < -0.3 is 15.2 Å². The Kier molecular flexibility index (Phi) is 5.27. The second-order valence-corrected chi connectivity index (χ2v) is 9.36. The molecule has 3 heterocycles. The van der Waals surface area contributed by atoms with E-state index in [0.717, 1.165) is 33.4 Å². The summed E-state index contributed by atoms with van der Waals surface area (Å²) in [5.41, 5.74) is 14.8. The third kappa shape index (κ3) is 3.77. The number of anilines is 2. The minimum atomic E-state index is 0.0459. The zero-order chi connectivity index (χ0) is 24.1. The van der Waals surface area contributed by atoms with Crippen LogP contribution in [0.1, 0.15) is 28.1 Å². The number of hydrogen-bond acceptors (Lipinski definition) is 4. The molecular formula is C27H30N6O. The predicted octanol–water partition coefficient (Wildman–Crippen LogP) is 4.89. The zero-order valence-corrected chi connectivity index (χ0v) is 20.4. The molecule has 0 radical (unpaired) electrons. The highest BCUT2D eigenvalue weighted by molar-refractivity contribution is 6.02. The van der Waals surface area contributed by atoms with Crippen LogP contribution >= 0.6 is 0 Å². The standard InChI is InChI=1S/C27H30N6O/c1-16-10-17(2)12-20(11-16)14-32-8-9-33(27(32)34)21-6-7-22(18(3)13-21)23-15-31(5)26-24(23)25(28)29-19(4)30-26/h6-7,10-13,15H,8-9,14H2,1-5H3,(H2,28,29,30). The van der Waals surface area contributed by atoms with Crippen LogP contribution in [0.4, 0.5) is 16.3 Å². The highest BCUT2D eigenvalue weighted by Gasteiger charge is 2.30. The van der Waals surface area contributed by atoms with Gasteiger partial charge in [-0.05, 0) is 56.5 Å². The van der Waals surface area contributed by atoms with E-state index in [2.05, 4.69) is 61.1 Å². The van der Waals surface area contributed by atoms with Gasteiger partial charge in [-0.2, -0.15) is 0 Å². The number of nitrogens with two attached hydrogens (primary N) is 1. The van der Waals surface area contributed by atoms with Crippen LogP contribution in [0.5, 0.6) is 0 Å². The van der Waals surface area contributed by atoms with Crippen LogP contribution in [-0.4, -0.2) is 38.6 Å². The molecule has 2 N–H and O–H groups in total. The van der Waals surface area contributed by atoms with E-state index in [9.17, 15) is 4.79 Å². The van der Waals surface area contributed by atoms with Crippen LogP contribution in [0.25, 0.3) is 22.2 Å². The molecule has 2 aromatic carbocycles. The first kappa shape index (κ1) is 21.9. The molecule has 34 heavy (non-hydrogen) atoms. The fourth-order valence-corrected chi connectivity index (χ4v) is 5.08. The van der Waals surface area contributed by atoms with Gasteiger partial charge in [-0.3, -0.25) is 4.90 Å². The molecule has 174 valence electrons. The molecule has 1 saturated heterocycles. The fraction of sp³-hybridized carbons (Fsp3) is 0.296. The monoisotopic (exact) mass is 454 g/mol. The third-order valence-corrected chi connectivity index (χ3v) is 6.52. The van der Waals surface area contributed by atoms with Crippen LogP contribution in [0.15, 0.2) is 42.6 Å². The number of fused-ring (bicyclic) bond motifs is 1. The summed E-state index contributed by atoms with van der Waals surface area (Å²) in [5.74, 6) is 1.14. The number of carbonyl (C=O) groups is 1. The normalized spacial score (nSPS) is 14.0. The van der Waals surface area contributed by atoms with Gasteiger partial charge in [0.15, 0.2) is 0 Å². The summed E-state index contributed by atoms with van der Waals surface area (Å²) >= 11 is 0. The molecule has 1 aliphatic heterocycles. The Labute approximate surface area is 199 Å². The number of hydrogen-bond donors (Lipinski definition) is 1. The molecule has 4 aromatic rings. The molecule has 2 aromatic heterocycles. The SMILES string of the molecule is Cc1cc(C)cc(CN2CCN(c3ccc(-c4cn(C)c5nc(C)nc(N)c45)c(C)c3)C2=O)c1. The molecule has 5 rings (SSSR count). The topological polar surface area (TPSA) is 80.3 Å². The Balaban J connectivity index is 1.43. The maximum absolute atomic E-state index is 13.2. The summed E-state index contributed by atoms with van der Waals surface area (Å²) in [7, 11) is 1.97. The second kappa shape index (κ2) is 8.17. The number of carbonyl (C=O) groups excluding carboxylic acids is 1. The van der Waals surface area contributed by atoms with Crippen molar-refractivity contribution in [3.05, 3.63) is 70.7 Å². The number of benzene rings is 2. The minimum Gasteiger partial charge on any atom is -0.383 e. The Morgan fingerprint density at radius 3 is 2.38 bits per heavy atom. The Bertz CT molecular complexity index is 1420. The fourth-order valence-electron chi connectivity index (χ4n) is 5.08. The third-order valence-electron chi connectivity index (χ3n) is 6.52. The van der Waals surface area contributed by atoms with Gasteiger partial charge in [-0.1, -0.05) is 35.4 Å². The van der Waals surface area contributed by atoms with Gasteiger partial charge in [-0.25, -0.2) is 14.8 Å². The van der Waals surface area contributed by atoms with Crippen LogP contribution in [0, 0.1) is 27.7 Å². The van der Waals surface area contributed by atoms with Gasteiger partial charge >= 0.3 is 6.03 Å². The highest BCUT2D eigenvalue weighted by Crippen LogP contribution is 2.36. The van der Waals surface area contributed by atoms with Crippen LogP contribution in [-0.2, 0) is 13.6 Å². The van der Waals surface area contributed by atoms with Crippen molar-refractivity contribution in [3.8, 4) is 11.1 Å². The number of nitrogen functional groups attached to an aromatic ring is 1. The zero-order valence-electron chi connectivity index (χ0n) is 20.4. The largest absolute Gasteiger partial charge is 0.383 e. The van der Waals surface area contributed by atoms with E-state index in [1.807, 2.05) is 40.6 Å². The Morgan fingerprint density at radius 2 is 1.68 bits per heavy atom. The van der Waals surface area contributed by atoms with E-state index < -0.39 is 0 Å². The number of aryl methyl sites for hydroxylation is 5. The average Bonchev–Trinajstić information content (AvgIpc) is 3.27. The van der Waals surface area contributed by atoms with Crippen molar-refractivity contribution < 1.29 is 4.79 Å². The van der Waals surface area contributed by atoms with Gasteiger partial charge in [0.2, 0.25) is 0 Å². The van der Waals surface area contributed by atoms with Crippen molar-refractivity contribution in [2.75, 3.05) is 23.7 Å². The number of amides is 2. The lowest BCUT2D eigenvalue weighted by molar-refractivity contribution is 0.218. The summed E-state index contributed by atoms with van der Waals surface area (Å²) in [4.78, 5) is 25.9. The van der Waals surface area contributed by atoms with Crippen molar-refractivity contribution in [1.82, 2.24) is 19.4 Å². The van der Waals surface area contributed by atoms with Gasteiger partial charge in [0, 0.05) is 44.1 Å². The lowest BCUT2D eigenvalue weighted by Crippen LogP contribution is -2.31. The van der Waals surface area contributed by atoms with E-state index in [1.165, 1.54) is 16.7 Å². The maximum atomic E-state index is 13.2. The van der Waals surface area contributed by atoms with Crippen molar-refractivity contribution in [3.63, 3.8) is 0 Å². The molecule has 1 fully saturated rings. The van der Waals surface area contributed by atoms with Crippen LogP contribution < -0.4 is 10.6 Å². The molecule has 7 nitrogen and oxygen atoms in total. The maximum Gasteiger partial charge on any atom is 0.324 e. The van der Waals surface area contributed by atoms with E-state index in [4.69, 9.17) is 5.73 Å². The van der Waals surface area contributed by atoms with Gasteiger partial charge in [0.1, 0.15) is 17.3 Å². The lowest BCUT2D eigenvalue weighted by atomic mass is 10.00. The minimum absolute atomic E-state index is 0.0459. The first-order valence-corrected chi connectivity index (χ1v) is 11.5. The van der Waals surface area contributed by atoms with Gasteiger partial charge in [-0.15, -0.1) is 0 Å². The van der Waals surface area contributed by atoms with E-state index in [0.29, 0.717) is 31.3 Å². The first-order chi connectivity index (χ1) is 16.2. The smallest absolute Gasteiger partial charge is 0.324 e. The Hall–Kier alpha value is -3.87. The molecule has 1 aliphatic rings. The molecular weight excluding hydrogens is 424 g/mol. The summed E-state index contributed by atoms with van der Waals surface area (Å²) < 4.78 is 1.98. The molecule has 0 atom stereocenters. The number of nitrogens with zero attached hydrogens (tertiary/aromatic N) is 5. The molecule has 0 spiro atoms. The van der Waals surface area contributed by atoms with Crippen LogP contribution in [0.2, 0.25) is 0 Å². The van der Waals surface area contributed by atoms with Gasteiger partial charge in [0.05, 0.1) is 5.39 Å².